The third-order valence-electron chi connectivity index (χ3n) is 3.54. The number of hydrogen-bond acceptors (Lipinski definition) is 3. The molecule has 5 nitrogen and oxygen atoms in total. The van der Waals surface area contributed by atoms with Gasteiger partial charge < -0.3 is 0 Å². The van der Waals surface area contributed by atoms with Crippen LogP contribution in [0.5, 0.6) is 0 Å². The van der Waals surface area contributed by atoms with Gasteiger partial charge >= 0.3 is 0 Å². The maximum Gasteiger partial charge on any atom is 0.282 e. The molecule has 0 saturated heterocycles. The topological polar surface area (TPSA) is 47.4 Å². The van der Waals surface area contributed by atoms with Crippen molar-refractivity contribution in [1.29, 1.82) is 0 Å². The van der Waals surface area contributed by atoms with Gasteiger partial charge in [-0.15, -0.1) is 0 Å². The Morgan fingerprint density at radius 2 is 2.00 bits per heavy atom. The summed E-state index contributed by atoms with van der Waals surface area (Å²) >= 11 is 5.85. The van der Waals surface area contributed by atoms with Crippen LogP contribution in [0.1, 0.15) is 35.0 Å². The Labute approximate surface area is 143 Å². The molecule has 2 rings (SSSR count). The summed E-state index contributed by atoms with van der Waals surface area (Å²) in [5.41, 5.74) is 0.225. The van der Waals surface area contributed by atoms with Gasteiger partial charge in [-0.1, -0.05) is 23.7 Å². The highest BCUT2D eigenvalue weighted by atomic mass is 35.5. The van der Waals surface area contributed by atoms with E-state index in [0.717, 1.165) is 10.6 Å². The molecule has 0 fully saturated rings. The van der Waals surface area contributed by atoms with E-state index in [9.17, 15) is 13.6 Å². The standard InChI is InChI=1S/C16H18ClF2N3O2/c1-10(8-11-4-6-12(17)7-5-11)22(24-3)16(23)13-9-21(2)20-14(13)15(18)19/h4-7,9-10,15H,8H2,1-3H3. The highest BCUT2D eigenvalue weighted by Crippen LogP contribution is 2.23. The van der Waals surface area contributed by atoms with Crippen molar-refractivity contribution >= 4 is 17.5 Å². The lowest BCUT2D eigenvalue weighted by Gasteiger charge is -2.26. The van der Waals surface area contributed by atoms with Gasteiger partial charge in [0.05, 0.1) is 18.7 Å². The predicted octanol–water partition coefficient (Wildman–Crippen LogP) is 3.65. The van der Waals surface area contributed by atoms with Crippen LogP contribution in [0.15, 0.2) is 30.5 Å². The lowest BCUT2D eigenvalue weighted by Crippen LogP contribution is -2.39. The number of carbonyl (C=O) groups excluding carboxylic acids is 1. The highest BCUT2D eigenvalue weighted by molar-refractivity contribution is 6.30. The van der Waals surface area contributed by atoms with E-state index in [-0.39, 0.29) is 11.6 Å². The molecule has 130 valence electrons. The second-order valence-electron chi connectivity index (χ2n) is 5.40. The number of hydroxylamine groups is 2. The Hall–Kier alpha value is -1.99. The molecule has 1 heterocycles. The van der Waals surface area contributed by atoms with Crippen LogP contribution in [0.3, 0.4) is 0 Å². The molecule has 1 unspecified atom stereocenters. The van der Waals surface area contributed by atoms with Gasteiger partial charge in [-0.3, -0.25) is 14.3 Å². The molecule has 0 aliphatic rings. The Balaban J connectivity index is 2.20. The third-order valence-corrected chi connectivity index (χ3v) is 3.79. The van der Waals surface area contributed by atoms with Gasteiger partial charge in [0, 0.05) is 18.3 Å². The maximum absolute atomic E-state index is 13.1. The average Bonchev–Trinajstić information content (AvgIpc) is 2.92. The van der Waals surface area contributed by atoms with Crippen LogP contribution in [0.25, 0.3) is 0 Å². The van der Waals surface area contributed by atoms with Crippen LogP contribution in [-0.4, -0.2) is 33.9 Å². The monoisotopic (exact) mass is 357 g/mol. The molecular weight excluding hydrogens is 340 g/mol. The van der Waals surface area contributed by atoms with Crippen molar-refractivity contribution in [3.05, 3.63) is 52.3 Å². The fourth-order valence-electron chi connectivity index (χ4n) is 2.46. The first-order valence-electron chi connectivity index (χ1n) is 7.27. The molecule has 0 aliphatic heterocycles. The van der Waals surface area contributed by atoms with Crippen LogP contribution in [0, 0.1) is 0 Å². The van der Waals surface area contributed by atoms with Gasteiger partial charge in [0.1, 0.15) is 5.69 Å². The molecule has 8 heteroatoms. The van der Waals surface area contributed by atoms with Crippen LogP contribution >= 0.6 is 11.6 Å². The van der Waals surface area contributed by atoms with E-state index in [0.29, 0.717) is 11.4 Å². The quantitative estimate of drug-likeness (QED) is 0.741. The first-order valence-corrected chi connectivity index (χ1v) is 7.65. The lowest BCUT2D eigenvalue weighted by atomic mass is 10.1. The van der Waals surface area contributed by atoms with Gasteiger partial charge in [0.15, 0.2) is 0 Å². The minimum Gasteiger partial charge on any atom is -0.275 e. The number of benzene rings is 1. The van der Waals surface area contributed by atoms with Crippen LogP contribution in [0.2, 0.25) is 5.02 Å². The van der Waals surface area contributed by atoms with E-state index in [1.165, 1.54) is 25.0 Å². The maximum atomic E-state index is 13.1. The van der Waals surface area contributed by atoms with E-state index in [1.54, 1.807) is 19.1 Å². The van der Waals surface area contributed by atoms with E-state index in [1.807, 2.05) is 12.1 Å². The molecule has 1 atom stereocenters. The van der Waals surface area contributed by atoms with Crippen molar-refractivity contribution in [2.45, 2.75) is 25.8 Å². The number of amides is 1. The minimum absolute atomic E-state index is 0.169. The first kappa shape index (κ1) is 18.4. The summed E-state index contributed by atoms with van der Waals surface area (Å²) in [6.45, 7) is 1.77. The fourth-order valence-corrected chi connectivity index (χ4v) is 2.58. The van der Waals surface area contributed by atoms with Crippen molar-refractivity contribution in [1.82, 2.24) is 14.8 Å². The van der Waals surface area contributed by atoms with Crippen LogP contribution in [0.4, 0.5) is 8.78 Å². The molecule has 1 amide bonds. The summed E-state index contributed by atoms with van der Waals surface area (Å²) < 4.78 is 27.3. The van der Waals surface area contributed by atoms with E-state index < -0.39 is 18.0 Å². The molecule has 0 spiro atoms. The number of hydrogen-bond donors (Lipinski definition) is 0. The zero-order chi connectivity index (χ0) is 17.9. The Bertz CT molecular complexity index is 704. The van der Waals surface area contributed by atoms with Crippen molar-refractivity contribution in [3.63, 3.8) is 0 Å². The molecule has 24 heavy (non-hydrogen) atoms. The summed E-state index contributed by atoms with van der Waals surface area (Å²) in [5.74, 6) is -0.651. The molecule has 0 radical (unpaired) electrons. The summed E-state index contributed by atoms with van der Waals surface area (Å²) in [5, 5.41) is 5.34. The number of aromatic nitrogens is 2. The number of rotatable bonds is 6. The number of carbonyl (C=O) groups is 1. The third kappa shape index (κ3) is 4.10. The van der Waals surface area contributed by atoms with E-state index in [2.05, 4.69) is 5.10 Å². The van der Waals surface area contributed by atoms with Crippen LogP contribution in [-0.2, 0) is 18.3 Å². The van der Waals surface area contributed by atoms with Crippen molar-refractivity contribution in [2.24, 2.45) is 7.05 Å². The van der Waals surface area contributed by atoms with Crippen molar-refractivity contribution in [2.75, 3.05) is 7.11 Å². The molecule has 1 aromatic carbocycles. The van der Waals surface area contributed by atoms with Gasteiger partial charge in [-0.05, 0) is 31.0 Å². The molecule has 0 bridgehead atoms. The van der Waals surface area contributed by atoms with Gasteiger partial charge in [0.2, 0.25) is 0 Å². The minimum atomic E-state index is -2.84. The Morgan fingerprint density at radius 1 is 1.38 bits per heavy atom. The molecule has 2 aromatic rings. The molecule has 0 N–H and O–H groups in total. The smallest absolute Gasteiger partial charge is 0.275 e. The zero-order valence-corrected chi connectivity index (χ0v) is 14.3. The highest BCUT2D eigenvalue weighted by Gasteiger charge is 2.29. The number of aryl methyl sites for hydroxylation is 1. The lowest BCUT2D eigenvalue weighted by molar-refractivity contribution is -0.119. The second kappa shape index (κ2) is 7.72. The van der Waals surface area contributed by atoms with Gasteiger partial charge in [-0.25, -0.2) is 13.8 Å². The normalized spacial score (nSPS) is 12.5. The summed E-state index contributed by atoms with van der Waals surface area (Å²) in [6, 6.07) is 6.81. The van der Waals surface area contributed by atoms with Crippen LogP contribution < -0.4 is 0 Å². The summed E-state index contributed by atoms with van der Waals surface area (Å²) in [4.78, 5) is 17.7. The molecule has 0 saturated carbocycles. The molecular formula is C16H18ClF2N3O2. The average molecular weight is 358 g/mol. The number of halogens is 3. The Morgan fingerprint density at radius 3 is 2.54 bits per heavy atom. The van der Waals surface area contributed by atoms with Crippen molar-refractivity contribution < 1.29 is 18.4 Å². The number of nitrogens with zero attached hydrogens (tertiary/aromatic N) is 3. The predicted molar refractivity (Wildman–Crippen MR) is 86.0 cm³/mol. The van der Waals surface area contributed by atoms with E-state index >= 15 is 0 Å². The summed E-state index contributed by atoms with van der Waals surface area (Å²) in [7, 11) is 2.81. The first-order chi connectivity index (χ1) is 11.3. The molecule has 1 aromatic heterocycles. The molecule has 0 aliphatic carbocycles. The SMILES string of the molecule is CON(C(=O)c1cn(C)nc1C(F)F)C(C)Cc1ccc(Cl)cc1. The zero-order valence-electron chi connectivity index (χ0n) is 13.5. The van der Waals surface area contributed by atoms with E-state index in [4.69, 9.17) is 16.4 Å². The van der Waals surface area contributed by atoms with Crippen molar-refractivity contribution in [3.8, 4) is 0 Å². The van der Waals surface area contributed by atoms with Gasteiger partial charge in [0.25, 0.3) is 12.3 Å². The Kier molecular flexibility index (Phi) is 5.90. The second-order valence-corrected chi connectivity index (χ2v) is 5.83. The van der Waals surface area contributed by atoms with Gasteiger partial charge in [-0.2, -0.15) is 5.10 Å². The number of alkyl halides is 2. The largest absolute Gasteiger partial charge is 0.282 e. The fraction of sp³-hybridized carbons (Fsp3) is 0.375. The summed E-state index contributed by atoms with van der Waals surface area (Å²) in [6.07, 6.45) is -1.08.